The molecule has 0 N–H and O–H groups in total. The molecule has 0 aliphatic carbocycles. The zero-order valence-electron chi connectivity index (χ0n) is 17.2. The Hall–Kier alpha value is -2.19. The van der Waals surface area contributed by atoms with Gasteiger partial charge in [0, 0.05) is 37.4 Å². The summed E-state index contributed by atoms with van der Waals surface area (Å²) in [5.74, 6) is 0. The van der Waals surface area contributed by atoms with Crippen LogP contribution in [-0.4, -0.2) is 56.0 Å². The summed E-state index contributed by atoms with van der Waals surface area (Å²) in [7, 11) is 0. The van der Waals surface area contributed by atoms with Crippen LogP contribution in [-0.2, 0) is 4.74 Å². The first-order chi connectivity index (χ1) is 12.8. The molecule has 1 aromatic carbocycles. The van der Waals surface area contributed by atoms with E-state index in [-0.39, 0.29) is 16.7 Å². The lowest BCUT2D eigenvalue weighted by atomic mass is 9.71. The molecule has 1 amide bonds. The topological polar surface area (TPSA) is 49.9 Å². The minimum absolute atomic E-state index is 0.0198. The quantitative estimate of drug-likeness (QED) is 0.577. The van der Waals surface area contributed by atoms with Crippen LogP contribution in [0.5, 0.6) is 0 Å². The number of aldehydes is 1. The number of benzene rings is 1. The predicted molar refractivity (Wildman–Crippen MR) is 105 cm³/mol. The molecule has 0 saturated carbocycles. The lowest BCUT2D eigenvalue weighted by Crippen LogP contribution is -2.51. The van der Waals surface area contributed by atoms with Gasteiger partial charge in [0.2, 0.25) is 0 Å². The van der Waals surface area contributed by atoms with Gasteiger partial charge in [-0.15, -0.1) is 0 Å². The Morgan fingerprint density at radius 1 is 1.00 bits per heavy atom. The number of rotatable bonds is 3. The molecule has 0 aromatic heterocycles. The molecule has 5 nitrogen and oxygen atoms in total. The highest BCUT2D eigenvalue weighted by Gasteiger charge is 2.34. The number of carbonyl (C=O) groups excluding carboxylic acids is 2. The molecule has 28 heavy (non-hydrogen) atoms. The van der Waals surface area contributed by atoms with Gasteiger partial charge in [0.25, 0.3) is 0 Å². The fourth-order valence-corrected chi connectivity index (χ4v) is 3.83. The summed E-state index contributed by atoms with van der Waals surface area (Å²) in [6.45, 7) is 5.97. The number of piperazine rings is 1. The van der Waals surface area contributed by atoms with Crippen molar-refractivity contribution in [2.75, 3.05) is 31.1 Å². The van der Waals surface area contributed by atoms with Crippen LogP contribution < -0.4 is 10.4 Å². The number of carbonyl (C=O) groups is 2. The normalized spacial score (nSPS) is 15.6. The minimum atomic E-state index is -5.25. The van der Waals surface area contributed by atoms with Gasteiger partial charge in [-0.1, -0.05) is 16.6 Å². The maximum Gasteiger partial charge on any atom is 0.510 e. The van der Waals surface area contributed by atoms with Gasteiger partial charge in [0.15, 0.2) is 6.29 Å². The molecular formula is C19H27BF3N2O3-. The summed E-state index contributed by atoms with van der Waals surface area (Å²) in [5.41, 5.74) is -0.125. The second kappa shape index (κ2) is 7.68. The smallest absolute Gasteiger partial charge is 0.445 e. The highest BCUT2D eigenvalue weighted by atomic mass is 19.4. The van der Waals surface area contributed by atoms with Crippen LogP contribution in [0, 0.1) is 20.8 Å². The third kappa shape index (κ3) is 4.44. The summed E-state index contributed by atoms with van der Waals surface area (Å²) in [5, 5.41) is 0. The Labute approximate surface area is 163 Å². The Balaban J connectivity index is 2.35. The third-order valence-electron chi connectivity index (χ3n) is 5.02. The summed E-state index contributed by atoms with van der Waals surface area (Å²) >= 11 is 0. The second-order valence-electron chi connectivity index (χ2n) is 8.20. The van der Waals surface area contributed by atoms with E-state index < -0.39 is 24.1 Å². The van der Waals surface area contributed by atoms with Crippen LogP contribution >= 0.6 is 0 Å². The van der Waals surface area contributed by atoms with Gasteiger partial charge >= 0.3 is 13.1 Å². The number of amides is 1. The maximum absolute atomic E-state index is 13.7. The molecule has 1 aromatic rings. The van der Waals surface area contributed by atoms with Crippen molar-refractivity contribution in [1.29, 1.82) is 0 Å². The van der Waals surface area contributed by atoms with Gasteiger partial charge in [-0.2, -0.15) is 0 Å². The van der Waals surface area contributed by atoms with Crippen LogP contribution in [0.2, 0.25) is 0 Å². The second-order valence-corrected chi connectivity index (χ2v) is 8.20. The molecule has 0 radical (unpaired) electrons. The zero-order chi connectivity index (χ0) is 21.4. The minimum Gasteiger partial charge on any atom is -0.445 e. The molecule has 1 aliphatic heterocycles. The lowest BCUT2D eigenvalue weighted by molar-refractivity contribution is 0.0240. The van der Waals surface area contributed by atoms with Crippen molar-refractivity contribution in [3.63, 3.8) is 0 Å². The van der Waals surface area contributed by atoms with E-state index in [0.29, 0.717) is 43.7 Å². The standard InChI is InChI=1S/C19H27BF3N2O3/c1-12-15(11-26)13(2)17(14(3)16(12)20(21,22)23)24-7-9-25(10-8-24)18(27)28-19(4,5)6/h11H,7-10H2,1-6H3/q-1. The molecule has 0 unspecified atom stereocenters. The fourth-order valence-electron chi connectivity index (χ4n) is 3.83. The first-order valence-corrected chi connectivity index (χ1v) is 9.29. The molecule has 156 valence electrons. The van der Waals surface area contributed by atoms with Crippen LogP contribution in [0.4, 0.5) is 23.4 Å². The van der Waals surface area contributed by atoms with E-state index in [4.69, 9.17) is 4.74 Å². The molecule has 0 bridgehead atoms. The number of hydrogen-bond acceptors (Lipinski definition) is 4. The lowest BCUT2D eigenvalue weighted by Gasteiger charge is -2.39. The number of ether oxygens (including phenoxy) is 1. The van der Waals surface area contributed by atoms with Crippen molar-refractivity contribution >= 4 is 30.5 Å². The Morgan fingerprint density at radius 2 is 1.54 bits per heavy atom. The highest BCUT2D eigenvalue weighted by Crippen LogP contribution is 2.32. The van der Waals surface area contributed by atoms with E-state index in [0.717, 1.165) is 0 Å². The van der Waals surface area contributed by atoms with Gasteiger partial charge in [0.05, 0.1) is 0 Å². The van der Waals surface area contributed by atoms with E-state index >= 15 is 0 Å². The zero-order valence-corrected chi connectivity index (χ0v) is 17.2. The molecule has 0 spiro atoms. The van der Waals surface area contributed by atoms with Crippen molar-refractivity contribution in [1.82, 2.24) is 4.90 Å². The summed E-state index contributed by atoms with van der Waals surface area (Å²) in [6.07, 6.45) is 0.0629. The first-order valence-electron chi connectivity index (χ1n) is 9.29. The van der Waals surface area contributed by atoms with Gasteiger partial charge < -0.3 is 27.5 Å². The number of anilines is 1. The first kappa shape index (κ1) is 22.1. The Kier molecular flexibility index (Phi) is 6.06. The molecular weight excluding hydrogens is 372 g/mol. The highest BCUT2D eigenvalue weighted by molar-refractivity contribution is 6.74. The van der Waals surface area contributed by atoms with Gasteiger partial charge in [0.1, 0.15) is 5.60 Å². The molecule has 1 fully saturated rings. The van der Waals surface area contributed by atoms with E-state index in [1.54, 1.807) is 32.6 Å². The van der Waals surface area contributed by atoms with Crippen molar-refractivity contribution < 1.29 is 27.3 Å². The van der Waals surface area contributed by atoms with Crippen molar-refractivity contribution in [2.45, 2.75) is 47.1 Å². The number of hydrogen-bond donors (Lipinski definition) is 0. The van der Waals surface area contributed by atoms with E-state index in [2.05, 4.69) is 0 Å². The van der Waals surface area contributed by atoms with E-state index in [1.807, 2.05) is 4.90 Å². The Bertz CT molecular complexity index is 780. The average Bonchev–Trinajstić information content (AvgIpc) is 2.52. The monoisotopic (exact) mass is 399 g/mol. The summed E-state index contributed by atoms with van der Waals surface area (Å²) in [4.78, 5) is 27.1. The predicted octanol–water partition coefficient (Wildman–Crippen LogP) is 3.54. The van der Waals surface area contributed by atoms with Gasteiger partial charge in [-0.25, -0.2) is 4.79 Å². The molecule has 1 aliphatic rings. The fraction of sp³-hybridized carbons (Fsp3) is 0.579. The van der Waals surface area contributed by atoms with Crippen molar-refractivity contribution in [3.05, 3.63) is 22.3 Å². The van der Waals surface area contributed by atoms with E-state index in [9.17, 15) is 22.5 Å². The molecule has 0 atom stereocenters. The van der Waals surface area contributed by atoms with Gasteiger partial charge in [-0.05, 0) is 47.1 Å². The van der Waals surface area contributed by atoms with Crippen LogP contribution in [0.25, 0.3) is 0 Å². The van der Waals surface area contributed by atoms with Crippen molar-refractivity contribution in [2.24, 2.45) is 0 Å². The largest absolute Gasteiger partial charge is 0.510 e. The molecule has 1 saturated heterocycles. The van der Waals surface area contributed by atoms with Gasteiger partial charge in [-0.3, -0.25) is 4.79 Å². The number of nitrogens with zero attached hydrogens (tertiary/aromatic N) is 2. The molecule has 1 heterocycles. The summed E-state index contributed by atoms with van der Waals surface area (Å²) < 4.78 is 46.4. The molecule has 9 heteroatoms. The SMILES string of the molecule is Cc1c(C=O)c(C)c([B-](F)(F)F)c(C)c1N1CCN(C(=O)OC(C)(C)C)CC1. The number of halogens is 3. The molecule has 2 rings (SSSR count). The average molecular weight is 399 g/mol. The van der Waals surface area contributed by atoms with Crippen LogP contribution in [0.3, 0.4) is 0 Å². The third-order valence-corrected chi connectivity index (χ3v) is 5.02. The van der Waals surface area contributed by atoms with E-state index in [1.165, 1.54) is 13.8 Å². The van der Waals surface area contributed by atoms with Crippen molar-refractivity contribution in [3.8, 4) is 0 Å². The maximum atomic E-state index is 13.7. The Morgan fingerprint density at radius 3 is 1.96 bits per heavy atom. The van der Waals surface area contributed by atoms with Crippen LogP contribution in [0.15, 0.2) is 0 Å². The van der Waals surface area contributed by atoms with Crippen LogP contribution in [0.1, 0.15) is 47.8 Å². The summed E-state index contributed by atoms with van der Waals surface area (Å²) in [6, 6.07) is 0.